The highest BCUT2D eigenvalue weighted by atomic mass is 35.5. The van der Waals surface area contributed by atoms with Gasteiger partial charge in [-0.3, -0.25) is 14.6 Å². The first-order chi connectivity index (χ1) is 15.4. The fourth-order valence-electron chi connectivity index (χ4n) is 4.97. The normalized spacial score (nSPS) is 23.4. The first-order valence-electron chi connectivity index (χ1n) is 11.2. The lowest BCUT2D eigenvalue weighted by molar-refractivity contribution is -0.139. The van der Waals surface area contributed by atoms with Gasteiger partial charge in [-0.05, 0) is 50.2 Å². The molecular weight excluding hydrogens is 426 g/mol. The number of benzene rings is 2. The number of carbonyl (C=O) groups is 1. The zero-order valence-corrected chi connectivity index (χ0v) is 19.5. The number of likely N-dealkylation sites (tertiary alicyclic amines) is 1. The Kier molecular flexibility index (Phi) is 7.05. The number of ether oxygens (including phenoxy) is 1. The Bertz CT molecular complexity index is 929. The number of carboxylic acid groups (broad SMARTS) is 1. The second kappa shape index (κ2) is 9.79. The number of halogens is 1. The second-order valence-corrected chi connectivity index (χ2v) is 9.50. The van der Waals surface area contributed by atoms with E-state index in [1.165, 1.54) is 5.56 Å². The van der Waals surface area contributed by atoms with Gasteiger partial charge >= 0.3 is 5.97 Å². The third-order valence-corrected chi connectivity index (χ3v) is 7.31. The van der Waals surface area contributed by atoms with Crippen LogP contribution >= 0.6 is 11.6 Å². The van der Waals surface area contributed by atoms with Crippen molar-refractivity contribution in [1.82, 2.24) is 15.1 Å². The van der Waals surface area contributed by atoms with Crippen LogP contribution in [0.25, 0.3) is 0 Å². The van der Waals surface area contributed by atoms with E-state index in [1.807, 2.05) is 18.2 Å². The van der Waals surface area contributed by atoms with E-state index in [9.17, 15) is 4.79 Å². The van der Waals surface area contributed by atoms with Crippen molar-refractivity contribution < 1.29 is 14.6 Å². The van der Waals surface area contributed by atoms with Crippen LogP contribution in [0.1, 0.15) is 30.4 Å². The lowest BCUT2D eigenvalue weighted by atomic mass is 9.79. The second-order valence-electron chi connectivity index (χ2n) is 9.10. The number of hydrogen-bond donors (Lipinski definition) is 2. The van der Waals surface area contributed by atoms with Crippen LogP contribution in [0.5, 0.6) is 5.75 Å². The highest BCUT2D eigenvalue weighted by Crippen LogP contribution is 2.38. The van der Waals surface area contributed by atoms with Crippen LogP contribution in [0.3, 0.4) is 0 Å². The van der Waals surface area contributed by atoms with Gasteiger partial charge in [0.05, 0.1) is 0 Å². The standard InChI is InChI=1S/C25H32ClN3O3/c1-28(2)25(19-6-4-3-5-7-19)10-12-29(13-11-25)17-18-8-9-20(14-22(18)26)32-21-15-23(24(30)31)27-16-21/h3-9,14,21,23,27H,10-13,15-17H2,1-2H3,(H,30,31)/t21-,23-/m0/s1. The molecule has 0 spiro atoms. The molecule has 0 amide bonds. The molecule has 0 unspecified atom stereocenters. The summed E-state index contributed by atoms with van der Waals surface area (Å²) in [6.07, 6.45) is 2.44. The predicted molar refractivity (Wildman–Crippen MR) is 126 cm³/mol. The quantitative estimate of drug-likeness (QED) is 0.662. The van der Waals surface area contributed by atoms with Crippen molar-refractivity contribution in [2.24, 2.45) is 0 Å². The molecule has 172 valence electrons. The van der Waals surface area contributed by atoms with E-state index in [0.717, 1.165) is 38.0 Å². The van der Waals surface area contributed by atoms with Crippen LogP contribution in [0, 0.1) is 0 Å². The summed E-state index contributed by atoms with van der Waals surface area (Å²) < 4.78 is 5.95. The van der Waals surface area contributed by atoms with Crippen LogP contribution in [-0.2, 0) is 16.9 Å². The van der Waals surface area contributed by atoms with Gasteiger partial charge in [0.15, 0.2) is 0 Å². The Morgan fingerprint density at radius 3 is 2.53 bits per heavy atom. The van der Waals surface area contributed by atoms with Gasteiger partial charge in [0.2, 0.25) is 0 Å². The fraction of sp³-hybridized carbons (Fsp3) is 0.480. The molecule has 6 nitrogen and oxygen atoms in total. The van der Waals surface area contributed by atoms with Gasteiger partial charge in [0.25, 0.3) is 0 Å². The van der Waals surface area contributed by atoms with Crippen molar-refractivity contribution in [2.75, 3.05) is 33.7 Å². The third kappa shape index (κ3) is 4.94. The summed E-state index contributed by atoms with van der Waals surface area (Å²) in [6.45, 7) is 3.35. The summed E-state index contributed by atoms with van der Waals surface area (Å²) in [6, 6.07) is 16.1. The maximum absolute atomic E-state index is 11.1. The summed E-state index contributed by atoms with van der Waals surface area (Å²) in [7, 11) is 4.35. The molecule has 2 aromatic carbocycles. The molecule has 0 aromatic heterocycles. The van der Waals surface area contributed by atoms with E-state index >= 15 is 0 Å². The molecular formula is C25H32ClN3O3. The molecule has 2 fully saturated rings. The van der Waals surface area contributed by atoms with Crippen LogP contribution < -0.4 is 10.1 Å². The van der Waals surface area contributed by atoms with Gasteiger partial charge in [-0.2, -0.15) is 0 Å². The zero-order valence-electron chi connectivity index (χ0n) is 18.8. The van der Waals surface area contributed by atoms with Crippen molar-refractivity contribution in [1.29, 1.82) is 0 Å². The Balaban J connectivity index is 1.36. The summed E-state index contributed by atoms with van der Waals surface area (Å²) in [4.78, 5) is 15.9. The molecule has 2 N–H and O–H groups in total. The predicted octanol–water partition coefficient (Wildman–Crippen LogP) is 3.59. The maximum Gasteiger partial charge on any atom is 0.320 e. The van der Waals surface area contributed by atoms with Crippen molar-refractivity contribution in [3.05, 3.63) is 64.7 Å². The molecule has 2 aliphatic heterocycles. The molecule has 0 radical (unpaired) electrons. The smallest absolute Gasteiger partial charge is 0.320 e. The molecule has 2 saturated heterocycles. The molecule has 0 bridgehead atoms. The summed E-state index contributed by atoms with van der Waals surface area (Å²) in [5.41, 5.74) is 2.54. The number of hydrogen-bond acceptors (Lipinski definition) is 5. The van der Waals surface area contributed by atoms with E-state index in [1.54, 1.807) is 0 Å². The molecule has 2 aromatic rings. The molecule has 2 aliphatic rings. The fourth-order valence-corrected chi connectivity index (χ4v) is 5.20. The number of aliphatic carboxylic acids is 1. The molecule has 4 rings (SSSR count). The monoisotopic (exact) mass is 457 g/mol. The average molecular weight is 458 g/mol. The van der Waals surface area contributed by atoms with Gasteiger partial charge in [-0.15, -0.1) is 0 Å². The first-order valence-corrected chi connectivity index (χ1v) is 11.6. The van der Waals surface area contributed by atoms with Crippen molar-refractivity contribution in [2.45, 2.75) is 43.5 Å². The number of piperidine rings is 1. The number of carboxylic acids is 1. The van der Waals surface area contributed by atoms with Gasteiger partial charge in [0, 0.05) is 43.2 Å². The average Bonchev–Trinajstić information content (AvgIpc) is 3.25. The number of nitrogens with one attached hydrogen (secondary N) is 1. The van der Waals surface area contributed by atoms with Crippen LogP contribution in [-0.4, -0.2) is 66.8 Å². The van der Waals surface area contributed by atoms with E-state index in [4.69, 9.17) is 21.4 Å². The zero-order chi connectivity index (χ0) is 22.7. The van der Waals surface area contributed by atoms with E-state index < -0.39 is 12.0 Å². The van der Waals surface area contributed by atoms with Crippen molar-refractivity contribution in [3.8, 4) is 5.75 Å². The molecule has 2 atom stereocenters. The van der Waals surface area contributed by atoms with E-state index in [-0.39, 0.29) is 11.6 Å². The van der Waals surface area contributed by atoms with Crippen LogP contribution in [0.4, 0.5) is 0 Å². The Morgan fingerprint density at radius 1 is 1.22 bits per heavy atom. The molecule has 32 heavy (non-hydrogen) atoms. The molecule has 2 heterocycles. The molecule has 0 aliphatic carbocycles. The molecule has 0 saturated carbocycles. The highest BCUT2D eigenvalue weighted by Gasteiger charge is 2.38. The Morgan fingerprint density at radius 2 is 1.94 bits per heavy atom. The maximum atomic E-state index is 11.1. The highest BCUT2D eigenvalue weighted by molar-refractivity contribution is 6.31. The Labute approximate surface area is 195 Å². The summed E-state index contributed by atoms with van der Waals surface area (Å²) >= 11 is 6.59. The lowest BCUT2D eigenvalue weighted by Gasteiger charge is -2.46. The van der Waals surface area contributed by atoms with Gasteiger partial charge in [0.1, 0.15) is 17.9 Å². The Hall–Kier alpha value is -2.12. The van der Waals surface area contributed by atoms with Crippen LogP contribution in [0.15, 0.2) is 48.5 Å². The molecule has 7 heteroatoms. The largest absolute Gasteiger partial charge is 0.489 e. The topological polar surface area (TPSA) is 65.0 Å². The third-order valence-electron chi connectivity index (χ3n) is 6.96. The summed E-state index contributed by atoms with van der Waals surface area (Å²) in [5.74, 6) is -0.150. The van der Waals surface area contributed by atoms with E-state index in [2.05, 4.69) is 59.5 Å². The van der Waals surface area contributed by atoms with Crippen molar-refractivity contribution in [3.63, 3.8) is 0 Å². The van der Waals surface area contributed by atoms with Crippen molar-refractivity contribution >= 4 is 17.6 Å². The first kappa shape index (κ1) is 23.1. The van der Waals surface area contributed by atoms with E-state index in [0.29, 0.717) is 23.7 Å². The minimum Gasteiger partial charge on any atom is -0.489 e. The SMILES string of the molecule is CN(C)C1(c2ccccc2)CCN(Cc2ccc(O[C@@H]3CN[C@H](C(=O)O)C3)cc2Cl)CC1. The van der Waals surface area contributed by atoms with Gasteiger partial charge < -0.3 is 15.2 Å². The van der Waals surface area contributed by atoms with Gasteiger partial charge in [-0.1, -0.05) is 48.0 Å². The lowest BCUT2D eigenvalue weighted by Crippen LogP contribution is -2.50. The number of rotatable bonds is 7. The van der Waals surface area contributed by atoms with Gasteiger partial charge in [-0.25, -0.2) is 0 Å². The summed E-state index contributed by atoms with van der Waals surface area (Å²) in [5, 5.41) is 12.8. The number of nitrogens with zero attached hydrogens (tertiary/aromatic N) is 2. The minimum atomic E-state index is -0.837. The minimum absolute atomic E-state index is 0.0718. The van der Waals surface area contributed by atoms with Crippen LogP contribution in [0.2, 0.25) is 5.02 Å².